The molecule has 0 aliphatic carbocycles. The zero-order chi connectivity index (χ0) is 13.2. The fraction of sp³-hybridized carbons (Fsp3) is 0. The fourth-order valence-electron chi connectivity index (χ4n) is 1.59. The van der Waals surface area contributed by atoms with Gasteiger partial charge in [0.15, 0.2) is 5.13 Å². The summed E-state index contributed by atoms with van der Waals surface area (Å²) in [6.07, 6.45) is 2.87. The molecular formula is C12H9N5OS. The van der Waals surface area contributed by atoms with Crippen molar-refractivity contribution in [3.8, 4) is 0 Å². The van der Waals surface area contributed by atoms with Crippen LogP contribution in [-0.4, -0.2) is 21.1 Å². The van der Waals surface area contributed by atoms with E-state index in [9.17, 15) is 4.79 Å². The number of amides is 1. The van der Waals surface area contributed by atoms with Crippen LogP contribution in [0.25, 0.3) is 10.2 Å². The number of anilines is 2. The lowest BCUT2D eigenvalue weighted by atomic mass is 10.3. The van der Waals surface area contributed by atoms with Crippen LogP contribution in [0.4, 0.5) is 10.8 Å². The predicted octanol–water partition coefficient (Wildman–Crippen LogP) is 1.92. The molecule has 0 bridgehead atoms. The molecule has 0 saturated carbocycles. The van der Waals surface area contributed by atoms with Crippen molar-refractivity contribution in [1.29, 1.82) is 0 Å². The molecule has 2 heterocycles. The van der Waals surface area contributed by atoms with Gasteiger partial charge < -0.3 is 5.73 Å². The number of thiazole rings is 1. The van der Waals surface area contributed by atoms with Gasteiger partial charge >= 0.3 is 0 Å². The van der Waals surface area contributed by atoms with Crippen molar-refractivity contribution in [3.63, 3.8) is 0 Å². The Labute approximate surface area is 112 Å². The Kier molecular flexibility index (Phi) is 2.81. The van der Waals surface area contributed by atoms with Crippen molar-refractivity contribution in [1.82, 2.24) is 15.2 Å². The van der Waals surface area contributed by atoms with Crippen molar-refractivity contribution in [2.75, 3.05) is 11.1 Å². The number of aromatic nitrogens is 3. The van der Waals surface area contributed by atoms with E-state index in [0.717, 1.165) is 10.2 Å². The summed E-state index contributed by atoms with van der Waals surface area (Å²) in [6.45, 7) is 0. The zero-order valence-electron chi connectivity index (χ0n) is 9.70. The molecule has 0 aliphatic heterocycles. The summed E-state index contributed by atoms with van der Waals surface area (Å²) < 4.78 is 0.933. The minimum Gasteiger partial charge on any atom is -0.399 e. The first kappa shape index (κ1) is 11.5. The molecule has 2 aromatic heterocycles. The molecule has 3 N–H and O–H groups in total. The third-order valence-corrected chi connectivity index (χ3v) is 3.41. The molecule has 6 nitrogen and oxygen atoms in total. The molecular weight excluding hydrogens is 262 g/mol. The fourth-order valence-corrected chi connectivity index (χ4v) is 2.50. The largest absolute Gasteiger partial charge is 0.399 e. The summed E-state index contributed by atoms with van der Waals surface area (Å²) >= 11 is 1.38. The van der Waals surface area contributed by atoms with E-state index in [0.29, 0.717) is 16.4 Å². The zero-order valence-corrected chi connectivity index (χ0v) is 10.5. The first-order valence-electron chi connectivity index (χ1n) is 5.46. The number of hydrogen-bond acceptors (Lipinski definition) is 6. The normalized spacial score (nSPS) is 10.5. The summed E-state index contributed by atoms with van der Waals surface area (Å²) in [7, 11) is 0. The predicted molar refractivity (Wildman–Crippen MR) is 74.0 cm³/mol. The van der Waals surface area contributed by atoms with E-state index in [4.69, 9.17) is 5.73 Å². The summed E-state index contributed by atoms with van der Waals surface area (Å²) in [5.74, 6) is -0.262. The van der Waals surface area contributed by atoms with E-state index < -0.39 is 0 Å². The molecule has 0 unspecified atom stereocenters. The van der Waals surface area contributed by atoms with Gasteiger partial charge in [-0.2, -0.15) is 10.2 Å². The van der Waals surface area contributed by atoms with E-state index in [1.54, 1.807) is 12.1 Å². The number of nitrogens with two attached hydrogens (primary N) is 1. The molecule has 0 fully saturated rings. The van der Waals surface area contributed by atoms with E-state index in [-0.39, 0.29) is 5.91 Å². The van der Waals surface area contributed by atoms with Gasteiger partial charge in [-0.3, -0.25) is 10.1 Å². The molecule has 1 amide bonds. The van der Waals surface area contributed by atoms with Gasteiger partial charge in [0.2, 0.25) is 0 Å². The third kappa shape index (κ3) is 2.36. The molecule has 1 aromatic carbocycles. The van der Waals surface area contributed by atoms with Gasteiger partial charge in [-0.15, -0.1) is 0 Å². The van der Waals surface area contributed by atoms with Crippen molar-refractivity contribution in [2.24, 2.45) is 0 Å². The van der Waals surface area contributed by atoms with Gasteiger partial charge in [0.05, 0.1) is 28.2 Å². The van der Waals surface area contributed by atoms with Crippen LogP contribution in [0.5, 0.6) is 0 Å². The lowest BCUT2D eigenvalue weighted by molar-refractivity contribution is 0.102. The van der Waals surface area contributed by atoms with Gasteiger partial charge in [-0.05, 0) is 24.3 Å². The van der Waals surface area contributed by atoms with Crippen molar-refractivity contribution in [2.45, 2.75) is 0 Å². The number of rotatable bonds is 2. The Hall–Kier alpha value is -2.54. The number of hydrogen-bond donors (Lipinski definition) is 2. The third-order valence-electron chi connectivity index (χ3n) is 2.48. The SMILES string of the molecule is Nc1ccc2nc(NC(=O)c3ccnnc3)sc2c1. The van der Waals surface area contributed by atoms with Crippen LogP contribution in [0.1, 0.15) is 10.4 Å². The molecule has 0 saturated heterocycles. The topological polar surface area (TPSA) is 93.8 Å². The monoisotopic (exact) mass is 271 g/mol. The van der Waals surface area contributed by atoms with E-state index in [1.807, 2.05) is 12.1 Å². The maximum Gasteiger partial charge on any atom is 0.259 e. The minimum absolute atomic E-state index is 0.262. The van der Waals surface area contributed by atoms with Gasteiger partial charge in [0.1, 0.15) is 0 Å². The Balaban J connectivity index is 1.87. The highest BCUT2D eigenvalue weighted by Crippen LogP contribution is 2.27. The van der Waals surface area contributed by atoms with E-state index in [2.05, 4.69) is 20.5 Å². The maximum atomic E-state index is 11.9. The Morgan fingerprint density at radius 3 is 2.95 bits per heavy atom. The second kappa shape index (κ2) is 4.62. The van der Waals surface area contributed by atoms with Gasteiger partial charge in [-0.25, -0.2) is 4.98 Å². The van der Waals surface area contributed by atoms with Crippen LogP contribution in [-0.2, 0) is 0 Å². The number of carbonyl (C=O) groups is 1. The maximum absolute atomic E-state index is 11.9. The van der Waals surface area contributed by atoms with Crippen LogP contribution >= 0.6 is 11.3 Å². The Morgan fingerprint density at radius 2 is 2.16 bits per heavy atom. The van der Waals surface area contributed by atoms with Crippen LogP contribution in [0.15, 0.2) is 36.7 Å². The standard InChI is InChI=1S/C12H9N5OS/c13-8-1-2-9-10(5-8)19-12(16-9)17-11(18)7-3-4-14-15-6-7/h1-6H,13H2,(H,16,17,18). The van der Waals surface area contributed by atoms with Crippen molar-refractivity contribution >= 4 is 38.3 Å². The highest BCUT2D eigenvalue weighted by molar-refractivity contribution is 7.22. The average Bonchev–Trinajstić information content (AvgIpc) is 2.81. The number of nitrogens with zero attached hydrogens (tertiary/aromatic N) is 3. The van der Waals surface area contributed by atoms with Crippen LogP contribution < -0.4 is 11.1 Å². The molecule has 3 aromatic rings. The number of fused-ring (bicyclic) bond motifs is 1. The summed E-state index contributed by atoms with van der Waals surface area (Å²) in [6, 6.07) is 7.02. The minimum atomic E-state index is -0.262. The number of nitrogens with one attached hydrogen (secondary N) is 1. The number of carbonyl (C=O) groups excluding carboxylic acids is 1. The first-order chi connectivity index (χ1) is 9.22. The highest BCUT2D eigenvalue weighted by atomic mass is 32.1. The second-order valence-electron chi connectivity index (χ2n) is 3.83. The number of nitrogen functional groups attached to an aromatic ring is 1. The Morgan fingerprint density at radius 1 is 1.26 bits per heavy atom. The first-order valence-corrected chi connectivity index (χ1v) is 6.28. The lowest BCUT2D eigenvalue weighted by Crippen LogP contribution is -2.11. The molecule has 0 spiro atoms. The second-order valence-corrected chi connectivity index (χ2v) is 4.86. The van der Waals surface area contributed by atoms with E-state index >= 15 is 0 Å². The molecule has 0 atom stereocenters. The lowest BCUT2D eigenvalue weighted by Gasteiger charge is -1.99. The number of benzene rings is 1. The molecule has 0 aliphatic rings. The Bertz CT molecular complexity index is 740. The highest BCUT2D eigenvalue weighted by Gasteiger charge is 2.10. The molecule has 3 rings (SSSR count). The van der Waals surface area contributed by atoms with Crippen molar-refractivity contribution in [3.05, 3.63) is 42.2 Å². The van der Waals surface area contributed by atoms with Gasteiger partial charge in [0.25, 0.3) is 5.91 Å². The average molecular weight is 271 g/mol. The molecule has 0 radical (unpaired) electrons. The smallest absolute Gasteiger partial charge is 0.259 e. The quantitative estimate of drug-likeness (QED) is 0.694. The van der Waals surface area contributed by atoms with Crippen LogP contribution in [0.3, 0.4) is 0 Å². The van der Waals surface area contributed by atoms with Gasteiger partial charge in [-0.1, -0.05) is 11.3 Å². The molecule has 7 heteroatoms. The van der Waals surface area contributed by atoms with Crippen molar-refractivity contribution < 1.29 is 4.79 Å². The molecule has 19 heavy (non-hydrogen) atoms. The summed E-state index contributed by atoms with van der Waals surface area (Å²) in [5, 5.41) is 10.5. The summed E-state index contributed by atoms with van der Waals surface area (Å²) in [4.78, 5) is 16.2. The van der Waals surface area contributed by atoms with Gasteiger partial charge in [0, 0.05) is 5.69 Å². The summed E-state index contributed by atoms with van der Waals surface area (Å²) in [5.41, 5.74) is 7.62. The van der Waals surface area contributed by atoms with Crippen LogP contribution in [0, 0.1) is 0 Å². The molecule has 94 valence electrons. The van der Waals surface area contributed by atoms with Crippen LogP contribution in [0.2, 0.25) is 0 Å². The van der Waals surface area contributed by atoms with E-state index in [1.165, 1.54) is 23.7 Å².